The lowest BCUT2D eigenvalue weighted by molar-refractivity contribution is -0.137. The summed E-state index contributed by atoms with van der Waals surface area (Å²) in [7, 11) is 0. The van der Waals surface area contributed by atoms with Gasteiger partial charge < -0.3 is 14.9 Å². The van der Waals surface area contributed by atoms with Crippen molar-refractivity contribution in [2.75, 3.05) is 6.54 Å². The van der Waals surface area contributed by atoms with Crippen molar-refractivity contribution in [1.29, 1.82) is 0 Å². The molecule has 0 fully saturated rings. The Bertz CT molecular complexity index is 581. The Balaban J connectivity index is 1.87. The summed E-state index contributed by atoms with van der Waals surface area (Å²) >= 11 is 0. The zero-order chi connectivity index (χ0) is 15.5. The summed E-state index contributed by atoms with van der Waals surface area (Å²) in [5.74, 6) is 0.891. The fourth-order valence-electron chi connectivity index (χ4n) is 1.75. The van der Waals surface area contributed by atoms with E-state index in [2.05, 4.69) is 15.5 Å². The normalized spacial score (nSPS) is 13.4. The third-order valence-corrected chi connectivity index (χ3v) is 2.81. The number of hydrogen-bond donors (Lipinski definition) is 2. The first-order valence-corrected chi connectivity index (χ1v) is 6.21. The highest BCUT2D eigenvalue weighted by atomic mass is 19.4. The van der Waals surface area contributed by atoms with Gasteiger partial charge in [-0.1, -0.05) is 17.3 Å². The SMILES string of the molecule is Cc1nc(CNCC(O)c2ccc(C(F)(F)F)cc2)no1. The number of rotatable bonds is 5. The number of hydrogen-bond acceptors (Lipinski definition) is 5. The Kier molecular flexibility index (Phi) is 4.59. The topological polar surface area (TPSA) is 71.2 Å². The van der Waals surface area contributed by atoms with Crippen LogP contribution >= 0.6 is 0 Å². The molecule has 0 aliphatic carbocycles. The highest BCUT2D eigenvalue weighted by Crippen LogP contribution is 2.29. The third-order valence-electron chi connectivity index (χ3n) is 2.81. The molecule has 0 spiro atoms. The number of nitrogens with zero attached hydrogens (tertiary/aromatic N) is 2. The first-order valence-electron chi connectivity index (χ1n) is 6.21. The molecule has 0 saturated carbocycles. The lowest BCUT2D eigenvalue weighted by Crippen LogP contribution is -2.21. The number of nitrogens with one attached hydrogen (secondary N) is 1. The predicted octanol–water partition coefficient (Wildman–Crippen LogP) is 2.22. The van der Waals surface area contributed by atoms with Crippen molar-refractivity contribution in [1.82, 2.24) is 15.5 Å². The van der Waals surface area contributed by atoms with Crippen molar-refractivity contribution in [2.24, 2.45) is 0 Å². The summed E-state index contributed by atoms with van der Waals surface area (Å²) < 4.78 is 42.0. The van der Waals surface area contributed by atoms with Crippen LogP contribution in [0.3, 0.4) is 0 Å². The fourth-order valence-corrected chi connectivity index (χ4v) is 1.75. The summed E-state index contributed by atoms with van der Waals surface area (Å²) in [6.45, 7) is 2.13. The average Bonchev–Trinajstić information content (AvgIpc) is 2.83. The number of aromatic nitrogens is 2. The van der Waals surface area contributed by atoms with Gasteiger partial charge in [0.05, 0.1) is 18.2 Å². The van der Waals surface area contributed by atoms with Crippen LogP contribution in [0.4, 0.5) is 13.2 Å². The smallest absolute Gasteiger partial charge is 0.387 e. The van der Waals surface area contributed by atoms with Crippen LogP contribution in [-0.2, 0) is 12.7 Å². The highest BCUT2D eigenvalue weighted by Gasteiger charge is 2.30. The van der Waals surface area contributed by atoms with E-state index in [1.54, 1.807) is 6.92 Å². The van der Waals surface area contributed by atoms with Crippen molar-refractivity contribution in [3.63, 3.8) is 0 Å². The zero-order valence-corrected chi connectivity index (χ0v) is 11.2. The molecule has 1 unspecified atom stereocenters. The van der Waals surface area contributed by atoms with E-state index in [1.165, 1.54) is 12.1 Å². The van der Waals surface area contributed by atoms with E-state index in [0.717, 1.165) is 12.1 Å². The first kappa shape index (κ1) is 15.5. The van der Waals surface area contributed by atoms with E-state index < -0.39 is 17.8 Å². The molecule has 1 aromatic heterocycles. The number of aryl methyl sites for hydroxylation is 1. The Morgan fingerprint density at radius 2 is 1.95 bits per heavy atom. The Morgan fingerprint density at radius 1 is 1.29 bits per heavy atom. The van der Waals surface area contributed by atoms with Crippen LogP contribution in [-0.4, -0.2) is 21.8 Å². The van der Waals surface area contributed by atoms with Gasteiger partial charge >= 0.3 is 6.18 Å². The number of aliphatic hydroxyl groups is 1. The quantitative estimate of drug-likeness (QED) is 0.886. The number of aliphatic hydroxyl groups excluding tert-OH is 1. The molecule has 1 heterocycles. The predicted molar refractivity (Wildman–Crippen MR) is 67.1 cm³/mol. The van der Waals surface area contributed by atoms with Crippen LogP contribution in [0.15, 0.2) is 28.8 Å². The number of halogens is 3. The van der Waals surface area contributed by atoms with Crippen molar-refractivity contribution in [3.05, 3.63) is 47.1 Å². The van der Waals surface area contributed by atoms with Gasteiger partial charge in [-0.3, -0.25) is 0 Å². The molecule has 0 amide bonds. The molecule has 1 atom stereocenters. The molecular weight excluding hydrogens is 287 g/mol. The fraction of sp³-hybridized carbons (Fsp3) is 0.385. The molecule has 1 aromatic carbocycles. The molecule has 21 heavy (non-hydrogen) atoms. The maximum Gasteiger partial charge on any atom is 0.416 e. The highest BCUT2D eigenvalue weighted by molar-refractivity contribution is 5.26. The third kappa shape index (κ3) is 4.27. The van der Waals surface area contributed by atoms with E-state index in [1.807, 2.05) is 0 Å². The largest absolute Gasteiger partial charge is 0.416 e. The summed E-state index contributed by atoms with van der Waals surface area (Å²) in [5.41, 5.74) is -0.339. The van der Waals surface area contributed by atoms with Crippen LogP contribution in [0.2, 0.25) is 0 Å². The van der Waals surface area contributed by atoms with E-state index in [-0.39, 0.29) is 6.54 Å². The van der Waals surface area contributed by atoms with Crippen molar-refractivity contribution >= 4 is 0 Å². The first-order chi connectivity index (χ1) is 9.86. The molecule has 5 nitrogen and oxygen atoms in total. The van der Waals surface area contributed by atoms with Crippen molar-refractivity contribution in [3.8, 4) is 0 Å². The summed E-state index contributed by atoms with van der Waals surface area (Å²) in [5, 5.41) is 16.5. The van der Waals surface area contributed by atoms with Gasteiger partial charge in [-0.2, -0.15) is 18.2 Å². The van der Waals surface area contributed by atoms with Gasteiger partial charge in [-0.25, -0.2) is 0 Å². The maximum atomic E-state index is 12.4. The van der Waals surface area contributed by atoms with Gasteiger partial charge in [0.15, 0.2) is 5.82 Å². The van der Waals surface area contributed by atoms with Gasteiger partial charge in [0.2, 0.25) is 5.89 Å². The Labute approximate surface area is 118 Å². The van der Waals surface area contributed by atoms with Gasteiger partial charge in [0.1, 0.15) is 0 Å². The second-order valence-electron chi connectivity index (χ2n) is 4.50. The summed E-state index contributed by atoms with van der Waals surface area (Å²) in [6.07, 6.45) is -5.29. The van der Waals surface area contributed by atoms with E-state index >= 15 is 0 Å². The van der Waals surface area contributed by atoms with Crippen LogP contribution in [0.25, 0.3) is 0 Å². The molecule has 0 saturated heterocycles. The summed E-state index contributed by atoms with van der Waals surface area (Å²) in [4.78, 5) is 3.97. The standard InChI is InChI=1S/C13H14F3N3O2/c1-8-18-12(19-21-8)7-17-6-11(20)9-2-4-10(5-3-9)13(14,15)16/h2-5,11,17,20H,6-7H2,1H3. The molecule has 114 valence electrons. The van der Waals surface area contributed by atoms with E-state index in [0.29, 0.717) is 23.8 Å². The molecule has 2 aromatic rings. The minimum Gasteiger partial charge on any atom is -0.387 e. The molecule has 2 N–H and O–H groups in total. The van der Waals surface area contributed by atoms with Crippen LogP contribution < -0.4 is 5.32 Å². The Hall–Kier alpha value is -1.93. The van der Waals surface area contributed by atoms with Crippen LogP contribution in [0, 0.1) is 6.92 Å². The molecule has 8 heteroatoms. The van der Waals surface area contributed by atoms with E-state index in [9.17, 15) is 18.3 Å². The second-order valence-corrected chi connectivity index (χ2v) is 4.50. The molecule has 2 rings (SSSR count). The van der Waals surface area contributed by atoms with Gasteiger partial charge in [-0.05, 0) is 17.7 Å². The van der Waals surface area contributed by atoms with Gasteiger partial charge in [0, 0.05) is 13.5 Å². The van der Waals surface area contributed by atoms with E-state index in [4.69, 9.17) is 4.52 Å². The maximum absolute atomic E-state index is 12.4. The summed E-state index contributed by atoms with van der Waals surface area (Å²) in [6, 6.07) is 4.41. The Morgan fingerprint density at radius 3 is 2.48 bits per heavy atom. The minimum absolute atomic E-state index is 0.166. The van der Waals surface area contributed by atoms with Gasteiger partial charge in [0.25, 0.3) is 0 Å². The molecular formula is C13H14F3N3O2. The lowest BCUT2D eigenvalue weighted by atomic mass is 10.1. The van der Waals surface area contributed by atoms with Crippen molar-refractivity contribution < 1.29 is 22.8 Å². The minimum atomic E-state index is -4.38. The lowest BCUT2D eigenvalue weighted by Gasteiger charge is -2.13. The van der Waals surface area contributed by atoms with Gasteiger partial charge in [-0.15, -0.1) is 0 Å². The number of alkyl halides is 3. The molecule has 0 aliphatic heterocycles. The van der Waals surface area contributed by atoms with Crippen LogP contribution in [0.5, 0.6) is 0 Å². The number of benzene rings is 1. The molecule has 0 radical (unpaired) electrons. The zero-order valence-electron chi connectivity index (χ0n) is 11.2. The molecule has 0 aliphatic rings. The van der Waals surface area contributed by atoms with Crippen LogP contribution in [0.1, 0.15) is 28.9 Å². The van der Waals surface area contributed by atoms with Crippen molar-refractivity contribution in [2.45, 2.75) is 25.7 Å². The second kappa shape index (κ2) is 6.23. The monoisotopic (exact) mass is 301 g/mol. The molecule has 0 bridgehead atoms. The average molecular weight is 301 g/mol.